The minimum atomic E-state index is -0.0254. The lowest BCUT2D eigenvalue weighted by molar-refractivity contribution is 0.141. The first kappa shape index (κ1) is 21.2. The van der Waals surface area contributed by atoms with E-state index in [-0.39, 0.29) is 5.56 Å². The largest absolute Gasteiger partial charge is 0.496 e. The molecule has 32 heavy (non-hydrogen) atoms. The summed E-state index contributed by atoms with van der Waals surface area (Å²) in [6.45, 7) is 2.20. The Morgan fingerprint density at radius 3 is 2.78 bits per heavy atom. The van der Waals surface area contributed by atoms with Gasteiger partial charge in [0.05, 0.1) is 7.11 Å². The molecule has 3 N–H and O–H groups in total. The van der Waals surface area contributed by atoms with Gasteiger partial charge in [-0.2, -0.15) is 0 Å². The number of hydrogen-bond donors (Lipinski definition) is 2. The maximum atomic E-state index is 12.9. The summed E-state index contributed by atoms with van der Waals surface area (Å²) in [5, 5.41) is 2.04. The first-order valence-corrected chi connectivity index (χ1v) is 12.0. The Bertz CT molecular complexity index is 1300. The molecule has 5 rings (SSSR count). The zero-order valence-electron chi connectivity index (χ0n) is 18.3. The van der Waals surface area contributed by atoms with Gasteiger partial charge in [-0.3, -0.25) is 4.79 Å². The second-order valence-electron chi connectivity index (χ2n) is 8.49. The molecule has 3 heterocycles. The molecule has 2 aromatic heterocycles. The standard InChI is InChI=1S/C26H28N2O3S/c1-30-22-9-8-21-24(23(22)18-6-4-17(15-27)5-7-18)20-14-19(32-25(20)26(29)28-21)13-16-3-2-11-31-12-10-16/h4-9,14,16H,2-3,10-13,15,27H2,1H3,(H,28,29)/t16-/m0/s1. The van der Waals surface area contributed by atoms with Gasteiger partial charge in [-0.25, -0.2) is 0 Å². The number of hydrogen-bond acceptors (Lipinski definition) is 5. The van der Waals surface area contributed by atoms with E-state index in [1.54, 1.807) is 18.4 Å². The van der Waals surface area contributed by atoms with Crippen molar-refractivity contribution in [1.82, 2.24) is 4.98 Å². The van der Waals surface area contributed by atoms with E-state index in [4.69, 9.17) is 15.2 Å². The highest BCUT2D eigenvalue weighted by Crippen LogP contribution is 2.41. The zero-order valence-corrected chi connectivity index (χ0v) is 19.1. The van der Waals surface area contributed by atoms with Crippen LogP contribution in [-0.4, -0.2) is 25.3 Å². The number of pyridine rings is 1. The predicted molar refractivity (Wildman–Crippen MR) is 132 cm³/mol. The number of fused-ring (bicyclic) bond motifs is 3. The van der Waals surface area contributed by atoms with Gasteiger partial charge in [0.15, 0.2) is 0 Å². The molecule has 5 nitrogen and oxygen atoms in total. The molecule has 0 amide bonds. The van der Waals surface area contributed by atoms with Crippen LogP contribution < -0.4 is 16.0 Å². The van der Waals surface area contributed by atoms with Gasteiger partial charge < -0.3 is 20.2 Å². The molecule has 0 bridgehead atoms. The Labute approximate surface area is 191 Å². The lowest BCUT2D eigenvalue weighted by Gasteiger charge is -2.14. The molecule has 0 aliphatic carbocycles. The number of ether oxygens (including phenoxy) is 2. The van der Waals surface area contributed by atoms with Crippen LogP contribution in [0.1, 0.15) is 29.7 Å². The Morgan fingerprint density at radius 2 is 2.00 bits per heavy atom. The lowest BCUT2D eigenvalue weighted by atomic mass is 9.94. The van der Waals surface area contributed by atoms with Crippen molar-refractivity contribution in [1.29, 1.82) is 0 Å². The fourth-order valence-corrected chi connectivity index (χ4v) is 5.94. The van der Waals surface area contributed by atoms with Crippen molar-refractivity contribution in [2.45, 2.75) is 32.2 Å². The third kappa shape index (κ3) is 3.94. The Morgan fingerprint density at radius 1 is 1.16 bits per heavy atom. The Balaban J connectivity index is 1.69. The van der Waals surface area contributed by atoms with Crippen molar-refractivity contribution in [3.8, 4) is 16.9 Å². The first-order chi connectivity index (χ1) is 15.7. The molecule has 0 spiro atoms. The Kier molecular flexibility index (Phi) is 6.00. The molecule has 0 radical (unpaired) electrons. The van der Waals surface area contributed by atoms with Gasteiger partial charge in [-0.15, -0.1) is 11.3 Å². The van der Waals surface area contributed by atoms with Crippen LogP contribution >= 0.6 is 11.3 Å². The normalized spacial score (nSPS) is 17.0. The lowest BCUT2D eigenvalue weighted by Crippen LogP contribution is -2.05. The molecule has 4 aromatic rings. The van der Waals surface area contributed by atoms with E-state index in [2.05, 4.69) is 23.2 Å². The summed E-state index contributed by atoms with van der Waals surface area (Å²) < 4.78 is 12.2. The number of nitrogens with two attached hydrogens (primary N) is 1. The van der Waals surface area contributed by atoms with Gasteiger partial charge >= 0.3 is 0 Å². The maximum Gasteiger partial charge on any atom is 0.266 e. The van der Waals surface area contributed by atoms with Crippen molar-refractivity contribution in [3.63, 3.8) is 0 Å². The monoisotopic (exact) mass is 448 g/mol. The average molecular weight is 449 g/mol. The quantitative estimate of drug-likeness (QED) is 0.438. The van der Waals surface area contributed by atoms with Crippen LogP contribution in [0.4, 0.5) is 0 Å². The summed E-state index contributed by atoms with van der Waals surface area (Å²) in [7, 11) is 1.69. The summed E-state index contributed by atoms with van der Waals surface area (Å²) in [5.41, 5.74) is 9.73. The van der Waals surface area contributed by atoms with E-state index in [1.165, 1.54) is 11.3 Å². The fourth-order valence-electron chi connectivity index (χ4n) is 4.77. The van der Waals surface area contributed by atoms with Crippen LogP contribution in [0.15, 0.2) is 47.3 Å². The van der Waals surface area contributed by atoms with Crippen LogP contribution in [0.2, 0.25) is 0 Å². The van der Waals surface area contributed by atoms with Gasteiger partial charge in [-0.1, -0.05) is 24.3 Å². The molecule has 2 aromatic carbocycles. The third-order valence-electron chi connectivity index (χ3n) is 6.43. The zero-order chi connectivity index (χ0) is 22.1. The van der Waals surface area contributed by atoms with E-state index < -0.39 is 0 Å². The summed E-state index contributed by atoms with van der Waals surface area (Å²) in [6, 6.07) is 14.3. The number of thiophene rings is 1. The van der Waals surface area contributed by atoms with E-state index in [9.17, 15) is 4.79 Å². The smallest absolute Gasteiger partial charge is 0.266 e. The molecule has 6 heteroatoms. The van der Waals surface area contributed by atoms with Gasteiger partial charge in [0.25, 0.3) is 5.56 Å². The van der Waals surface area contributed by atoms with E-state index in [1.807, 2.05) is 24.3 Å². The fraction of sp³-hybridized carbons (Fsp3) is 0.346. The van der Waals surface area contributed by atoms with Crippen LogP contribution in [-0.2, 0) is 17.7 Å². The van der Waals surface area contributed by atoms with E-state index >= 15 is 0 Å². The highest BCUT2D eigenvalue weighted by Gasteiger charge is 2.20. The van der Waals surface area contributed by atoms with E-state index in [0.29, 0.717) is 12.5 Å². The second-order valence-corrected chi connectivity index (χ2v) is 9.63. The number of aromatic nitrogens is 1. The van der Waals surface area contributed by atoms with Crippen molar-refractivity contribution >= 4 is 32.3 Å². The molecule has 0 unspecified atom stereocenters. The summed E-state index contributed by atoms with van der Waals surface area (Å²) in [4.78, 5) is 17.3. The molecule has 1 fully saturated rings. The predicted octanol–water partition coefficient (Wildman–Crippen LogP) is 5.24. The van der Waals surface area contributed by atoms with Gasteiger partial charge in [0, 0.05) is 46.5 Å². The second kappa shape index (κ2) is 9.06. The number of H-pyrrole nitrogens is 1. The first-order valence-electron chi connectivity index (χ1n) is 11.2. The number of rotatable bonds is 5. The molecule has 1 aliphatic heterocycles. The summed E-state index contributed by atoms with van der Waals surface area (Å²) in [6.07, 6.45) is 4.36. The van der Waals surface area contributed by atoms with Crippen molar-refractivity contribution in [2.24, 2.45) is 11.7 Å². The number of nitrogens with one attached hydrogen (secondary N) is 1. The molecule has 0 saturated carbocycles. The molecule has 166 valence electrons. The number of methoxy groups -OCH3 is 1. The van der Waals surface area contributed by atoms with Crippen molar-refractivity contribution < 1.29 is 9.47 Å². The summed E-state index contributed by atoms with van der Waals surface area (Å²) >= 11 is 1.62. The molecular weight excluding hydrogens is 420 g/mol. The SMILES string of the molecule is COc1ccc2[nH]c(=O)c3sc(C[C@H]4CCCOCC4)cc3c2c1-c1ccc(CN)cc1. The maximum absolute atomic E-state index is 12.9. The van der Waals surface area contributed by atoms with E-state index in [0.717, 1.165) is 75.9 Å². The van der Waals surface area contributed by atoms with Crippen LogP contribution in [0.25, 0.3) is 32.1 Å². The molecular formula is C26H28N2O3S. The molecule has 1 atom stereocenters. The highest BCUT2D eigenvalue weighted by atomic mass is 32.1. The third-order valence-corrected chi connectivity index (χ3v) is 7.59. The molecule has 1 saturated heterocycles. The Hall–Kier alpha value is -2.67. The van der Waals surface area contributed by atoms with Crippen LogP contribution in [0.3, 0.4) is 0 Å². The van der Waals surface area contributed by atoms with Crippen molar-refractivity contribution in [2.75, 3.05) is 20.3 Å². The minimum Gasteiger partial charge on any atom is -0.496 e. The van der Waals surface area contributed by atoms with Gasteiger partial charge in [0.2, 0.25) is 0 Å². The van der Waals surface area contributed by atoms with Crippen molar-refractivity contribution in [3.05, 3.63) is 63.3 Å². The molecule has 1 aliphatic rings. The van der Waals surface area contributed by atoms with Gasteiger partial charge in [-0.05, 0) is 60.9 Å². The highest BCUT2D eigenvalue weighted by molar-refractivity contribution is 7.19. The number of aromatic amines is 1. The van der Waals surface area contributed by atoms with Crippen LogP contribution in [0.5, 0.6) is 5.75 Å². The number of benzene rings is 2. The summed E-state index contributed by atoms with van der Waals surface area (Å²) in [5.74, 6) is 1.40. The minimum absolute atomic E-state index is 0.0254. The average Bonchev–Trinajstić information content (AvgIpc) is 3.08. The van der Waals surface area contributed by atoms with Gasteiger partial charge in [0.1, 0.15) is 10.4 Å². The van der Waals surface area contributed by atoms with Crippen LogP contribution in [0, 0.1) is 5.92 Å². The topological polar surface area (TPSA) is 77.3 Å².